The minimum atomic E-state index is -1.14. The molecule has 32 heavy (non-hydrogen) atoms. The second-order valence-corrected chi connectivity index (χ2v) is 7.39. The SMILES string of the molecule is CCCN(OCCNC(=O)O)C(=O)C1=Cc2ccc(-c3cnccc3C)cc2N=C(N)C1. The van der Waals surface area contributed by atoms with E-state index >= 15 is 0 Å². The van der Waals surface area contributed by atoms with E-state index in [1.54, 1.807) is 12.3 Å². The summed E-state index contributed by atoms with van der Waals surface area (Å²) in [4.78, 5) is 38.0. The standard InChI is InChI=1S/C23H27N5O4/c1-3-9-28(32-10-8-26-23(30)31)22(29)18-11-17-5-4-16(12-20(17)27-21(24)13-18)19-14-25-7-6-15(19)2/h4-7,11-12,14,26H,3,8-10,13H2,1-2H3,(H2,24,27)(H,30,31). The van der Waals surface area contributed by atoms with Gasteiger partial charge in [-0.2, -0.15) is 0 Å². The summed E-state index contributed by atoms with van der Waals surface area (Å²) >= 11 is 0. The number of nitrogens with zero attached hydrogens (tertiary/aromatic N) is 3. The van der Waals surface area contributed by atoms with Crippen molar-refractivity contribution >= 4 is 29.6 Å². The fourth-order valence-corrected chi connectivity index (χ4v) is 3.36. The minimum absolute atomic E-state index is 0.0410. The van der Waals surface area contributed by atoms with Crippen molar-refractivity contribution in [3.05, 3.63) is 53.4 Å². The van der Waals surface area contributed by atoms with E-state index in [9.17, 15) is 9.59 Å². The number of rotatable bonds is 8. The van der Waals surface area contributed by atoms with E-state index in [0.29, 0.717) is 30.1 Å². The molecule has 2 heterocycles. The molecular formula is C23H27N5O4. The van der Waals surface area contributed by atoms with E-state index in [1.165, 1.54) is 5.06 Å². The highest BCUT2D eigenvalue weighted by atomic mass is 16.7. The van der Waals surface area contributed by atoms with Gasteiger partial charge < -0.3 is 16.2 Å². The number of hydrogen-bond donors (Lipinski definition) is 3. The van der Waals surface area contributed by atoms with E-state index < -0.39 is 6.09 Å². The van der Waals surface area contributed by atoms with Crippen LogP contribution in [0.2, 0.25) is 0 Å². The number of aromatic nitrogens is 1. The molecule has 9 nitrogen and oxygen atoms in total. The van der Waals surface area contributed by atoms with Gasteiger partial charge in [-0.15, -0.1) is 0 Å². The van der Waals surface area contributed by atoms with Crippen molar-refractivity contribution in [3.63, 3.8) is 0 Å². The minimum Gasteiger partial charge on any atom is -0.465 e. The van der Waals surface area contributed by atoms with Crippen LogP contribution in [0.25, 0.3) is 17.2 Å². The van der Waals surface area contributed by atoms with E-state index in [2.05, 4.69) is 15.3 Å². The molecule has 1 aromatic heterocycles. The third-order valence-corrected chi connectivity index (χ3v) is 4.90. The quantitative estimate of drug-likeness (QED) is 0.429. The van der Waals surface area contributed by atoms with Crippen LogP contribution in [-0.4, -0.2) is 52.7 Å². The molecule has 4 N–H and O–H groups in total. The maximum atomic E-state index is 13.1. The highest BCUT2D eigenvalue weighted by molar-refractivity contribution is 6.05. The largest absolute Gasteiger partial charge is 0.465 e. The summed E-state index contributed by atoms with van der Waals surface area (Å²) in [6.45, 7) is 4.43. The number of amidine groups is 1. The monoisotopic (exact) mass is 437 g/mol. The highest BCUT2D eigenvalue weighted by Crippen LogP contribution is 2.32. The van der Waals surface area contributed by atoms with Gasteiger partial charge in [0.25, 0.3) is 5.91 Å². The first kappa shape index (κ1) is 23.0. The number of carbonyl (C=O) groups is 2. The molecule has 9 heteroatoms. The molecule has 0 saturated carbocycles. The molecule has 1 aliphatic rings. The van der Waals surface area contributed by atoms with Gasteiger partial charge in [-0.1, -0.05) is 19.1 Å². The van der Waals surface area contributed by atoms with Gasteiger partial charge in [0.15, 0.2) is 0 Å². The zero-order chi connectivity index (χ0) is 23.1. The number of nitrogens with one attached hydrogen (secondary N) is 1. The molecule has 0 saturated heterocycles. The average molecular weight is 438 g/mol. The van der Waals surface area contributed by atoms with Crippen molar-refractivity contribution in [3.8, 4) is 11.1 Å². The Kier molecular flexibility index (Phi) is 7.56. The average Bonchev–Trinajstić information content (AvgIpc) is 2.93. The molecule has 1 aliphatic heterocycles. The summed E-state index contributed by atoms with van der Waals surface area (Å²) in [5, 5.41) is 12.1. The Morgan fingerprint density at radius 3 is 2.84 bits per heavy atom. The summed E-state index contributed by atoms with van der Waals surface area (Å²) in [5.41, 5.74) is 11.1. The van der Waals surface area contributed by atoms with Crippen LogP contribution in [0, 0.1) is 6.92 Å². The van der Waals surface area contributed by atoms with Crippen LogP contribution in [0.1, 0.15) is 30.9 Å². The van der Waals surface area contributed by atoms with E-state index in [0.717, 1.165) is 22.3 Å². The van der Waals surface area contributed by atoms with Crippen LogP contribution in [0.15, 0.2) is 47.2 Å². The molecule has 2 aromatic rings. The smallest absolute Gasteiger partial charge is 0.404 e. The summed E-state index contributed by atoms with van der Waals surface area (Å²) < 4.78 is 0. The molecule has 1 aromatic carbocycles. The number of benzene rings is 1. The zero-order valence-corrected chi connectivity index (χ0v) is 18.2. The third kappa shape index (κ3) is 5.70. The lowest BCUT2D eigenvalue weighted by atomic mass is 9.99. The van der Waals surface area contributed by atoms with Gasteiger partial charge in [0.2, 0.25) is 0 Å². The van der Waals surface area contributed by atoms with E-state index in [1.807, 2.05) is 44.3 Å². The predicted molar refractivity (Wildman–Crippen MR) is 122 cm³/mol. The van der Waals surface area contributed by atoms with Gasteiger partial charge >= 0.3 is 6.09 Å². The first-order valence-corrected chi connectivity index (χ1v) is 10.4. The van der Waals surface area contributed by atoms with Gasteiger partial charge in [-0.05, 0) is 42.7 Å². The van der Waals surface area contributed by atoms with Crippen molar-refractivity contribution < 1.29 is 19.5 Å². The van der Waals surface area contributed by atoms with Crippen LogP contribution >= 0.6 is 0 Å². The Bertz CT molecular complexity index is 1060. The maximum absolute atomic E-state index is 13.1. The normalized spacial score (nSPS) is 12.8. The predicted octanol–water partition coefficient (Wildman–Crippen LogP) is 3.27. The van der Waals surface area contributed by atoms with E-state index in [-0.39, 0.29) is 25.5 Å². The summed E-state index contributed by atoms with van der Waals surface area (Å²) in [6, 6.07) is 7.77. The summed E-state index contributed by atoms with van der Waals surface area (Å²) in [5.74, 6) is 0.00718. The Morgan fingerprint density at radius 2 is 2.12 bits per heavy atom. The molecule has 0 spiro atoms. The number of hydroxylamine groups is 2. The first-order valence-electron chi connectivity index (χ1n) is 10.4. The Labute approximate surface area is 186 Å². The number of amides is 2. The molecular weight excluding hydrogens is 410 g/mol. The lowest BCUT2D eigenvalue weighted by molar-refractivity contribution is -0.181. The van der Waals surface area contributed by atoms with Crippen LogP contribution in [-0.2, 0) is 9.63 Å². The Balaban J connectivity index is 1.85. The molecule has 2 amide bonds. The van der Waals surface area contributed by atoms with Crippen LogP contribution < -0.4 is 11.1 Å². The molecule has 0 bridgehead atoms. The first-order chi connectivity index (χ1) is 15.4. The molecule has 3 rings (SSSR count). The van der Waals surface area contributed by atoms with Crippen molar-refractivity contribution in [1.82, 2.24) is 15.4 Å². The number of nitrogens with two attached hydrogens (primary N) is 1. The third-order valence-electron chi connectivity index (χ3n) is 4.90. The number of carboxylic acid groups (broad SMARTS) is 1. The fraction of sp³-hybridized carbons (Fsp3) is 0.304. The molecule has 0 atom stereocenters. The number of aliphatic imine (C=N–C) groups is 1. The lowest BCUT2D eigenvalue weighted by Crippen LogP contribution is -2.36. The zero-order valence-electron chi connectivity index (χ0n) is 18.2. The summed E-state index contributed by atoms with van der Waals surface area (Å²) in [7, 11) is 0. The number of pyridine rings is 1. The number of hydrogen-bond acceptors (Lipinski definition) is 6. The van der Waals surface area contributed by atoms with E-state index in [4.69, 9.17) is 15.7 Å². The van der Waals surface area contributed by atoms with Crippen molar-refractivity contribution in [1.29, 1.82) is 0 Å². The number of aryl methyl sites for hydroxylation is 1. The van der Waals surface area contributed by atoms with Gasteiger partial charge in [-0.3, -0.25) is 14.6 Å². The summed E-state index contributed by atoms with van der Waals surface area (Å²) in [6.07, 6.45) is 5.06. The highest BCUT2D eigenvalue weighted by Gasteiger charge is 2.22. The lowest BCUT2D eigenvalue weighted by Gasteiger charge is -2.22. The Morgan fingerprint density at radius 1 is 1.31 bits per heavy atom. The van der Waals surface area contributed by atoms with Gasteiger partial charge in [-0.25, -0.2) is 14.9 Å². The fourth-order valence-electron chi connectivity index (χ4n) is 3.36. The van der Waals surface area contributed by atoms with Crippen molar-refractivity contribution in [2.75, 3.05) is 19.7 Å². The van der Waals surface area contributed by atoms with Crippen LogP contribution in [0.3, 0.4) is 0 Å². The molecule has 0 unspecified atom stereocenters. The second kappa shape index (κ2) is 10.5. The van der Waals surface area contributed by atoms with Crippen LogP contribution in [0.5, 0.6) is 0 Å². The van der Waals surface area contributed by atoms with Crippen molar-refractivity contribution in [2.24, 2.45) is 10.7 Å². The second-order valence-electron chi connectivity index (χ2n) is 7.39. The number of carbonyl (C=O) groups excluding carboxylic acids is 1. The van der Waals surface area contributed by atoms with Crippen LogP contribution in [0.4, 0.5) is 10.5 Å². The maximum Gasteiger partial charge on any atom is 0.404 e. The van der Waals surface area contributed by atoms with Crippen molar-refractivity contribution in [2.45, 2.75) is 26.7 Å². The molecule has 0 radical (unpaired) electrons. The molecule has 0 fully saturated rings. The van der Waals surface area contributed by atoms with Gasteiger partial charge in [0.05, 0.1) is 12.3 Å². The topological polar surface area (TPSA) is 130 Å². The molecule has 0 aliphatic carbocycles. The Hall–Kier alpha value is -3.72. The number of fused-ring (bicyclic) bond motifs is 1. The van der Waals surface area contributed by atoms with Gasteiger partial charge in [0.1, 0.15) is 5.84 Å². The van der Waals surface area contributed by atoms with Gasteiger partial charge in [0, 0.05) is 48.6 Å². The molecule has 168 valence electrons.